The summed E-state index contributed by atoms with van der Waals surface area (Å²) in [6.45, 7) is 2.08. The van der Waals surface area contributed by atoms with Gasteiger partial charge in [0.1, 0.15) is 12.4 Å². The molecule has 9 nitrogen and oxygen atoms in total. The normalized spacial score (nSPS) is 14.4. The highest BCUT2D eigenvalue weighted by atomic mass is 79.9. The highest BCUT2D eigenvalue weighted by Crippen LogP contribution is 2.35. The van der Waals surface area contributed by atoms with Gasteiger partial charge in [0.15, 0.2) is 4.80 Å². The first-order chi connectivity index (χ1) is 22.3. The Morgan fingerprint density at radius 1 is 1.02 bits per heavy atom. The molecule has 2 heterocycles. The van der Waals surface area contributed by atoms with E-state index in [1.54, 1.807) is 35.8 Å². The average molecular weight is 697 g/mol. The van der Waals surface area contributed by atoms with Crippen molar-refractivity contribution in [3.05, 3.63) is 165 Å². The Kier molecular flexibility index (Phi) is 9.04. The fraction of sp³-hybridized carbons (Fsp3) is 0.114. The van der Waals surface area contributed by atoms with Crippen LogP contribution in [0.15, 0.2) is 123 Å². The SMILES string of the molecule is CCOC(=O)C1=C(c2ccccc2)N=c2s/c(=C\c3cc(Br)ccc3OCc3ccc([N+](=O)[O-])cc3)c(=O)n2[C@H]1c1ccccc1. The maximum Gasteiger partial charge on any atom is 0.338 e. The van der Waals surface area contributed by atoms with Gasteiger partial charge in [-0.05, 0) is 54.5 Å². The van der Waals surface area contributed by atoms with E-state index in [1.165, 1.54) is 23.5 Å². The number of non-ortho nitro benzene ring substituents is 1. The number of halogens is 1. The third-order valence-corrected chi connectivity index (χ3v) is 8.77. The molecule has 230 valence electrons. The number of nitro groups is 1. The van der Waals surface area contributed by atoms with Crippen LogP contribution in [0.1, 0.15) is 35.2 Å². The summed E-state index contributed by atoms with van der Waals surface area (Å²) in [7, 11) is 0. The molecule has 1 aliphatic heterocycles. The number of carbonyl (C=O) groups is 1. The lowest BCUT2D eigenvalue weighted by Crippen LogP contribution is -2.40. The van der Waals surface area contributed by atoms with Gasteiger partial charge in [0.05, 0.1) is 33.4 Å². The lowest BCUT2D eigenvalue weighted by Gasteiger charge is -2.25. The van der Waals surface area contributed by atoms with Crippen LogP contribution in [0, 0.1) is 10.1 Å². The van der Waals surface area contributed by atoms with Crippen molar-refractivity contribution in [1.82, 2.24) is 4.57 Å². The Bertz CT molecular complexity index is 2140. The number of carbonyl (C=O) groups excluding carboxylic acids is 1. The zero-order chi connectivity index (χ0) is 32.2. The van der Waals surface area contributed by atoms with Crippen molar-refractivity contribution < 1.29 is 19.2 Å². The molecule has 0 N–H and O–H groups in total. The number of hydrogen-bond donors (Lipinski definition) is 0. The number of rotatable bonds is 9. The van der Waals surface area contributed by atoms with Gasteiger partial charge in [-0.1, -0.05) is 87.9 Å². The van der Waals surface area contributed by atoms with E-state index < -0.39 is 16.9 Å². The van der Waals surface area contributed by atoms with Gasteiger partial charge in [-0.15, -0.1) is 0 Å². The van der Waals surface area contributed by atoms with Crippen LogP contribution in [0.2, 0.25) is 0 Å². The van der Waals surface area contributed by atoms with Gasteiger partial charge < -0.3 is 9.47 Å². The Balaban J connectivity index is 1.49. The second-order valence-electron chi connectivity index (χ2n) is 10.2. The molecular formula is C35H26BrN3O6S. The lowest BCUT2D eigenvalue weighted by molar-refractivity contribution is -0.384. The number of esters is 1. The number of benzene rings is 4. The number of aromatic nitrogens is 1. The molecule has 0 saturated carbocycles. The molecular weight excluding hydrogens is 670 g/mol. The van der Waals surface area contributed by atoms with Crippen molar-refractivity contribution in [3.63, 3.8) is 0 Å². The molecule has 5 aromatic rings. The molecule has 0 aliphatic carbocycles. The maximum absolute atomic E-state index is 14.2. The zero-order valence-electron chi connectivity index (χ0n) is 24.5. The van der Waals surface area contributed by atoms with Gasteiger partial charge >= 0.3 is 5.97 Å². The summed E-state index contributed by atoms with van der Waals surface area (Å²) in [6, 6.07) is 29.6. The van der Waals surface area contributed by atoms with Gasteiger partial charge in [0.2, 0.25) is 0 Å². The summed E-state index contributed by atoms with van der Waals surface area (Å²) in [5.41, 5.74) is 3.30. The van der Waals surface area contributed by atoms with E-state index in [-0.39, 0.29) is 30.0 Å². The largest absolute Gasteiger partial charge is 0.488 e. The number of nitro benzene ring substituents is 1. The smallest absolute Gasteiger partial charge is 0.338 e. The first kappa shape index (κ1) is 30.9. The predicted octanol–water partition coefficient (Wildman–Crippen LogP) is 6.19. The van der Waals surface area contributed by atoms with Crippen LogP contribution in [-0.2, 0) is 16.1 Å². The van der Waals surface area contributed by atoms with Crippen LogP contribution in [0.5, 0.6) is 5.75 Å². The summed E-state index contributed by atoms with van der Waals surface area (Å²) in [5, 5.41) is 11.0. The summed E-state index contributed by atoms with van der Waals surface area (Å²) < 4.78 is 14.4. The van der Waals surface area contributed by atoms with E-state index in [4.69, 9.17) is 14.5 Å². The average Bonchev–Trinajstić information content (AvgIpc) is 3.38. The highest BCUT2D eigenvalue weighted by Gasteiger charge is 2.35. The molecule has 0 amide bonds. The van der Waals surface area contributed by atoms with E-state index >= 15 is 0 Å². The molecule has 1 aliphatic rings. The first-order valence-electron chi connectivity index (χ1n) is 14.3. The van der Waals surface area contributed by atoms with Crippen molar-refractivity contribution >= 4 is 50.7 Å². The van der Waals surface area contributed by atoms with E-state index in [9.17, 15) is 19.7 Å². The van der Waals surface area contributed by atoms with Crippen LogP contribution >= 0.6 is 27.3 Å². The minimum atomic E-state index is -0.769. The fourth-order valence-corrected chi connectivity index (χ4v) is 6.54. The van der Waals surface area contributed by atoms with Crippen molar-refractivity contribution in [2.75, 3.05) is 6.61 Å². The molecule has 1 atom stereocenters. The Morgan fingerprint density at radius 2 is 1.72 bits per heavy atom. The van der Waals surface area contributed by atoms with Crippen LogP contribution in [0.4, 0.5) is 5.69 Å². The number of ether oxygens (including phenoxy) is 2. The molecule has 0 bridgehead atoms. The highest BCUT2D eigenvalue weighted by molar-refractivity contribution is 9.10. The van der Waals surface area contributed by atoms with Crippen LogP contribution in [0.3, 0.4) is 0 Å². The maximum atomic E-state index is 14.2. The quantitative estimate of drug-likeness (QED) is 0.103. The molecule has 46 heavy (non-hydrogen) atoms. The van der Waals surface area contributed by atoms with E-state index in [0.29, 0.717) is 26.3 Å². The summed E-state index contributed by atoms with van der Waals surface area (Å²) in [5.74, 6) is -0.0219. The van der Waals surface area contributed by atoms with Crippen LogP contribution < -0.4 is 19.6 Å². The topological polar surface area (TPSA) is 113 Å². The third kappa shape index (κ3) is 6.33. The van der Waals surface area contributed by atoms with E-state index in [0.717, 1.165) is 21.2 Å². The number of nitrogens with zero attached hydrogens (tertiary/aromatic N) is 3. The lowest BCUT2D eigenvalue weighted by atomic mass is 9.93. The molecule has 6 rings (SSSR count). The van der Waals surface area contributed by atoms with Gasteiger partial charge in [-0.3, -0.25) is 19.5 Å². The zero-order valence-corrected chi connectivity index (χ0v) is 26.9. The summed E-state index contributed by atoms with van der Waals surface area (Å²) in [6.07, 6.45) is 1.75. The van der Waals surface area contributed by atoms with Crippen molar-refractivity contribution in [2.24, 2.45) is 4.99 Å². The molecule has 0 spiro atoms. The molecule has 11 heteroatoms. The molecule has 0 radical (unpaired) electrons. The van der Waals surface area contributed by atoms with Crippen LogP contribution in [0.25, 0.3) is 11.8 Å². The van der Waals surface area contributed by atoms with Gasteiger partial charge in [-0.2, -0.15) is 0 Å². The minimum Gasteiger partial charge on any atom is -0.488 e. The first-order valence-corrected chi connectivity index (χ1v) is 15.9. The fourth-order valence-electron chi connectivity index (χ4n) is 5.17. The van der Waals surface area contributed by atoms with Gasteiger partial charge in [-0.25, -0.2) is 9.79 Å². The second kappa shape index (κ2) is 13.5. The predicted molar refractivity (Wildman–Crippen MR) is 179 cm³/mol. The number of thiazole rings is 1. The van der Waals surface area contributed by atoms with Gasteiger partial charge in [0.25, 0.3) is 11.2 Å². The standard InChI is InChI=1S/C35H26BrN3O6S/c1-2-44-34(41)30-31(23-9-5-3-6-10-23)37-35-38(32(30)24-11-7-4-8-12-24)33(40)29(46-35)20-25-19-26(36)15-18-28(25)45-21-22-13-16-27(17-14-22)39(42)43/h3-20,32H,2,21H2,1H3/b29-20-/t32-/m0/s1. The summed E-state index contributed by atoms with van der Waals surface area (Å²) in [4.78, 5) is 43.7. The molecule has 4 aromatic carbocycles. The monoisotopic (exact) mass is 695 g/mol. The Labute approximate surface area is 275 Å². The molecule has 1 aromatic heterocycles. The van der Waals surface area contributed by atoms with Crippen molar-refractivity contribution in [1.29, 1.82) is 0 Å². The molecule has 0 saturated heterocycles. The second-order valence-corrected chi connectivity index (χ2v) is 12.2. The van der Waals surface area contributed by atoms with E-state index in [1.807, 2.05) is 72.8 Å². The Hall–Kier alpha value is -5.13. The van der Waals surface area contributed by atoms with Crippen molar-refractivity contribution in [3.8, 4) is 5.75 Å². The Morgan fingerprint density at radius 3 is 2.39 bits per heavy atom. The molecule has 0 unspecified atom stereocenters. The van der Waals surface area contributed by atoms with Gasteiger partial charge in [0, 0.05) is 27.7 Å². The van der Waals surface area contributed by atoms with Crippen LogP contribution in [-0.4, -0.2) is 22.1 Å². The number of hydrogen-bond acceptors (Lipinski definition) is 8. The number of fused-ring (bicyclic) bond motifs is 1. The van der Waals surface area contributed by atoms with E-state index in [2.05, 4.69) is 15.9 Å². The van der Waals surface area contributed by atoms with Crippen molar-refractivity contribution in [2.45, 2.75) is 19.6 Å². The molecule has 0 fully saturated rings. The summed E-state index contributed by atoms with van der Waals surface area (Å²) >= 11 is 4.74. The minimum absolute atomic E-state index is 0.00111. The third-order valence-electron chi connectivity index (χ3n) is 7.29.